The molecule has 0 amide bonds. The normalized spacial score (nSPS) is 10.3. The molecular formula is C12H18FNO4S2. The molecule has 1 N–H and O–H groups in total. The van der Waals surface area contributed by atoms with Crippen molar-refractivity contribution < 1.29 is 22.7 Å². The Balaban J connectivity index is 0.00000172. The van der Waals surface area contributed by atoms with E-state index in [2.05, 4.69) is 9.66 Å². The zero-order chi connectivity index (χ0) is 15.9. The third-order valence-electron chi connectivity index (χ3n) is 2.13. The highest BCUT2D eigenvalue weighted by Crippen LogP contribution is 2.28. The molecule has 0 fully saturated rings. The highest BCUT2D eigenvalue weighted by Gasteiger charge is 2.17. The number of sulfonamides is 1. The highest BCUT2D eigenvalue weighted by molar-refractivity contribution is 7.98. The Hall–Kier alpha value is -1.28. The molecule has 1 aromatic carbocycles. The van der Waals surface area contributed by atoms with Crippen LogP contribution in [0.5, 0.6) is 0 Å². The van der Waals surface area contributed by atoms with Gasteiger partial charge in [-0.3, -0.25) is 4.72 Å². The predicted octanol–water partition coefficient (Wildman–Crippen LogP) is 3.16. The van der Waals surface area contributed by atoms with Crippen molar-refractivity contribution in [1.82, 2.24) is 0 Å². The van der Waals surface area contributed by atoms with Gasteiger partial charge >= 0.3 is 5.97 Å². The van der Waals surface area contributed by atoms with Gasteiger partial charge in [-0.2, -0.15) is 0 Å². The standard InChI is InChI=1S/C10H12FNO4S2.C2H6/c1-6-4-7(10(13)16-11)9(17-2)5-8(6)12-18(3,14)15;1-2/h4-5,12H,1-3H3;1-2H3. The van der Waals surface area contributed by atoms with Crippen LogP contribution in [-0.2, 0) is 15.0 Å². The van der Waals surface area contributed by atoms with Crippen molar-refractivity contribution in [2.75, 3.05) is 17.2 Å². The van der Waals surface area contributed by atoms with Gasteiger partial charge in [0.25, 0.3) is 0 Å². The van der Waals surface area contributed by atoms with Crippen LogP contribution in [-0.4, -0.2) is 26.9 Å². The largest absolute Gasteiger partial charge is 0.380 e. The summed E-state index contributed by atoms with van der Waals surface area (Å²) in [4.78, 5) is 14.8. The van der Waals surface area contributed by atoms with Crippen LogP contribution in [0.4, 0.5) is 10.2 Å². The molecule has 0 bridgehead atoms. The molecule has 0 unspecified atom stereocenters. The van der Waals surface area contributed by atoms with E-state index >= 15 is 0 Å². The Kier molecular flexibility index (Phi) is 7.59. The summed E-state index contributed by atoms with van der Waals surface area (Å²) in [6.45, 7) is 5.60. The van der Waals surface area contributed by atoms with Crippen LogP contribution in [0.25, 0.3) is 0 Å². The second kappa shape index (κ2) is 8.11. The Morgan fingerprint density at radius 2 is 1.90 bits per heavy atom. The topological polar surface area (TPSA) is 72.5 Å². The second-order valence-corrected chi connectivity index (χ2v) is 6.20. The molecule has 0 aliphatic heterocycles. The van der Waals surface area contributed by atoms with Crippen molar-refractivity contribution in [2.24, 2.45) is 0 Å². The van der Waals surface area contributed by atoms with Crippen LogP contribution in [0.3, 0.4) is 0 Å². The van der Waals surface area contributed by atoms with E-state index < -0.39 is 16.0 Å². The number of anilines is 1. The van der Waals surface area contributed by atoms with E-state index in [1.165, 1.54) is 23.9 Å². The maximum atomic E-state index is 11.9. The summed E-state index contributed by atoms with van der Waals surface area (Å²) in [6.07, 6.45) is 2.71. The zero-order valence-corrected chi connectivity index (χ0v) is 13.6. The van der Waals surface area contributed by atoms with Gasteiger partial charge < -0.3 is 0 Å². The molecule has 20 heavy (non-hydrogen) atoms. The van der Waals surface area contributed by atoms with Crippen molar-refractivity contribution >= 4 is 33.4 Å². The number of thioether (sulfide) groups is 1. The van der Waals surface area contributed by atoms with Gasteiger partial charge in [-0.25, -0.2) is 18.2 Å². The minimum Gasteiger partial charge on any atom is -0.283 e. The Morgan fingerprint density at radius 1 is 1.35 bits per heavy atom. The predicted molar refractivity (Wildman–Crippen MR) is 79.3 cm³/mol. The lowest BCUT2D eigenvalue weighted by molar-refractivity contribution is -0.0791. The number of carbonyl (C=O) groups is 1. The van der Waals surface area contributed by atoms with Gasteiger partial charge in [-0.1, -0.05) is 13.8 Å². The van der Waals surface area contributed by atoms with Crippen molar-refractivity contribution in [3.05, 3.63) is 23.3 Å². The number of nitrogens with one attached hydrogen (secondary N) is 1. The second-order valence-electron chi connectivity index (χ2n) is 3.61. The first-order chi connectivity index (χ1) is 9.28. The number of benzene rings is 1. The van der Waals surface area contributed by atoms with Gasteiger partial charge in [0, 0.05) is 9.42 Å². The average molecular weight is 323 g/mol. The first kappa shape index (κ1) is 18.7. The third kappa shape index (κ3) is 5.38. The summed E-state index contributed by atoms with van der Waals surface area (Å²) in [5, 5.41) is 0. The lowest BCUT2D eigenvalue weighted by atomic mass is 10.1. The number of hydrogen-bond acceptors (Lipinski definition) is 5. The lowest BCUT2D eigenvalue weighted by Crippen LogP contribution is -2.12. The van der Waals surface area contributed by atoms with Gasteiger partial charge in [-0.05, 0) is 30.9 Å². The molecule has 0 aromatic heterocycles. The summed E-state index contributed by atoms with van der Waals surface area (Å²) < 4.78 is 36.6. The SMILES string of the molecule is CC.CSc1cc(NS(C)(=O)=O)c(C)cc1C(=O)OF. The smallest absolute Gasteiger partial charge is 0.283 e. The molecule has 114 valence electrons. The maximum Gasteiger partial charge on any atom is 0.380 e. The van der Waals surface area contributed by atoms with Crippen molar-refractivity contribution in [3.8, 4) is 0 Å². The maximum absolute atomic E-state index is 11.9. The third-order valence-corrected chi connectivity index (χ3v) is 3.50. The first-order valence-corrected chi connectivity index (χ1v) is 8.89. The summed E-state index contributed by atoms with van der Waals surface area (Å²) in [6, 6.07) is 2.84. The minimum atomic E-state index is -3.41. The molecule has 1 rings (SSSR count). The molecule has 0 saturated heterocycles. The summed E-state index contributed by atoms with van der Waals surface area (Å²) in [5.74, 6) is -1.10. The Morgan fingerprint density at radius 3 is 2.30 bits per heavy atom. The number of carbonyl (C=O) groups excluding carboxylic acids is 1. The Bertz CT molecular complexity index is 573. The fourth-order valence-electron chi connectivity index (χ4n) is 1.37. The number of aryl methyl sites for hydroxylation is 1. The lowest BCUT2D eigenvalue weighted by Gasteiger charge is -2.11. The molecule has 0 aliphatic carbocycles. The van der Waals surface area contributed by atoms with Gasteiger partial charge in [0.05, 0.1) is 17.5 Å². The Labute approximate surface area is 122 Å². The molecule has 0 heterocycles. The molecule has 5 nitrogen and oxygen atoms in total. The van der Waals surface area contributed by atoms with Gasteiger partial charge in [0.2, 0.25) is 10.0 Å². The van der Waals surface area contributed by atoms with Gasteiger partial charge in [0.1, 0.15) is 0 Å². The molecule has 0 saturated carbocycles. The van der Waals surface area contributed by atoms with Gasteiger partial charge in [-0.15, -0.1) is 11.8 Å². The van der Waals surface area contributed by atoms with Crippen molar-refractivity contribution in [3.63, 3.8) is 0 Å². The summed E-state index contributed by atoms with van der Waals surface area (Å²) in [7, 11) is -3.41. The summed E-state index contributed by atoms with van der Waals surface area (Å²) in [5.41, 5.74) is 0.900. The van der Waals surface area contributed by atoms with Crippen LogP contribution in [0.2, 0.25) is 0 Å². The molecule has 8 heteroatoms. The van der Waals surface area contributed by atoms with Crippen LogP contribution in [0.1, 0.15) is 29.8 Å². The number of hydrogen-bond donors (Lipinski definition) is 1. The van der Waals surface area contributed by atoms with Crippen molar-refractivity contribution in [2.45, 2.75) is 25.7 Å². The number of rotatable bonds is 4. The van der Waals surface area contributed by atoms with Crippen LogP contribution < -0.4 is 4.72 Å². The highest BCUT2D eigenvalue weighted by atomic mass is 32.2. The average Bonchev–Trinajstić information content (AvgIpc) is 2.40. The van der Waals surface area contributed by atoms with Crippen LogP contribution in [0.15, 0.2) is 17.0 Å². The monoisotopic (exact) mass is 323 g/mol. The van der Waals surface area contributed by atoms with E-state index in [1.54, 1.807) is 13.2 Å². The molecule has 0 aliphatic rings. The summed E-state index contributed by atoms with van der Waals surface area (Å²) >= 11 is 1.19. The fourth-order valence-corrected chi connectivity index (χ4v) is 2.58. The molecule has 0 atom stereocenters. The first-order valence-electron chi connectivity index (χ1n) is 5.78. The van der Waals surface area contributed by atoms with E-state index in [-0.39, 0.29) is 5.56 Å². The quantitative estimate of drug-likeness (QED) is 0.862. The van der Waals surface area contributed by atoms with E-state index in [0.717, 1.165) is 6.26 Å². The molecular weight excluding hydrogens is 305 g/mol. The van der Waals surface area contributed by atoms with E-state index in [4.69, 9.17) is 0 Å². The number of halogens is 1. The van der Waals surface area contributed by atoms with Crippen LogP contribution in [0, 0.1) is 6.92 Å². The van der Waals surface area contributed by atoms with Crippen molar-refractivity contribution in [1.29, 1.82) is 0 Å². The van der Waals surface area contributed by atoms with Crippen LogP contribution >= 0.6 is 11.8 Å². The molecule has 0 spiro atoms. The van der Waals surface area contributed by atoms with E-state index in [1.807, 2.05) is 13.8 Å². The molecule has 1 aromatic rings. The van der Waals surface area contributed by atoms with E-state index in [0.29, 0.717) is 16.1 Å². The zero-order valence-electron chi connectivity index (χ0n) is 12.0. The molecule has 0 radical (unpaired) electrons. The van der Waals surface area contributed by atoms with E-state index in [9.17, 15) is 17.7 Å². The minimum absolute atomic E-state index is 0.0570. The van der Waals surface area contributed by atoms with Gasteiger partial charge in [0.15, 0.2) is 0 Å². The fraction of sp³-hybridized carbons (Fsp3) is 0.417.